The number of halogens is 1. The van der Waals surface area contributed by atoms with E-state index in [2.05, 4.69) is 41.6 Å². The van der Waals surface area contributed by atoms with Gasteiger partial charge in [0.1, 0.15) is 10.9 Å². The van der Waals surface area contributed by atoms with Gasteiger partial charge >= 0.3 is 0 Å². The third-order valence-corrected chi connectivity index (χ3v) is 4.18. The van der Waals surface area contributed by atoms with E-state index in [0.717, 1.165) is 39.0 Å². The number of aryl methyl sites for hydroxylation is 2. The summed E-state index contributed by atoms with van der Waals surface area (Å²) in [6.07, 6.45) is 1.81. The summed E-state index contributed by atoms with van der Waals surface area (Å²) in [5.41, 5.74) is 5.63. The number of methoxy groups -OCH3 is 1. The van der Waals surface area contributed by atoms with Crippen LogP contribution in [0.1, 0.15) is 11.1 Å². The molecule has 0 aliphatic heterocycles. The smallest absolute Gasteiger partial charge is 0.129 e. The number of benzene rings is 1. The van der Waals surface area contributed by atoms with Gasteiger partial charge in [-0.25, -0.2) is 4.98 Å². The number of hydrogen-bond acceptors (Lipinski definition) is 2. The molecule has 2 heterocycles. The second kappa shape index (κ2) is 5.08. The van der Waals surface area contributed by atoms with Crippen molar-refractivity contribution in [2.24, 2.45) is 7.05 Å². The predicted octanol–water partition coefficient (Wildman–Crippen LogP) is 4.52. The summed E-state index contributed by atoms with van der Waals surface area (Å²) in [7, 11) is 3.75. The summed E-state index contributed by atoms with van der Waals surface area (Å²) in [6, 6.07) is 8.25. The van der Waals surface area contributed by atoms with E-state index in [-0.39, 0.29) is 0 Å². The average Bonchev–Trinajstić information content (AvgIpc) is 2.76. The minimum Gasteiger partial charge on any atom is -0.496 e. The van der Waals surface area contributed by atoms with E-state index in [1.54, 1.807) is 7.11 Å². The summed E-state index contributed by atoms with van der Waals surface area (Å²) >= 11 is 5.99. The third kappa shape index (κ3) is 2.18. The monoisotopic (exact) mass is 300 g/mol. The van der Waals surface area contributed by atoms with Crippen molar-refractivity contribution >= 4 is 22.5 Å². The Kier molecular flexibility index (Phi) is 3.38. The van der Waals surface area contributed by atoms with Gasteiger partial charge in [-0.2, -0.15) is 0 Å². The van der Waals surface area contributed by atoms with Crippen molar-refractivity contribution in [1.82, 2.24) is 9.55 Å². The van der Waals surface area contributed by atoms with E-state index in [1.165, 1.54) is 0 Å². The highest BCUT2D eigenvalue weighted by Gasteiger charge is 2.14. The zero-order chi connectivity index (χ0) is 15.1. The first-order valence-electron chi connectivity index (χ1n) is 6.78. The molecule has 0 radical (unpaired) electrons. The summed E-state index contributed by atoms with van der Waals surface area (Å²) in [5, 5.41) is 1.60. The van der Waals surface area contributed by atoms with Crippen LogP contribution in [0.2, 0.25) is 5.15 Å². The quantitative estimate of drug-likeness (QED) is 0.651. The Morgan fingerprint density at radius 2 is 1.95 bits per heavy atom. The van der Waals surface area contributed by atoms with Gasteiger partial charge in [0, 0.05) is 29.3 Å². The van der Waals surface area contributed by atoms with Crippen molar-refractivity contribution in [1.29, 1.82) is 0 Å². The summed E-state index contributed by atoms with van der Waals surface area (Å²) in [5.74, 6) is 0.939. The molecule has 0 saturated carbocycles. The van der Waals surface area contributed by atoms with Crippen molar-refractivity contribution in [2.75, 3.05) is 7.11 Å². The first-order valence-corrected chi connectivity index (χ1v) is 7.16. The van der Waals surface area contributed by atoms with Crippen molar-refractivity contribution < 1.29 is 4.74 Å². The lowest BCUT2D eigenvalue weighted by Gasteiger charge is -2.14. The van der Waals surface area contributed by atoms with Crippen LogP contribution in [0.3, 0.4) is 0 Å². The van der Waals surface area contributed by atoms with Crippen molar-refractivity contribution in [2.45, 2.75) is 13.8 Å². The molecular weight excluding hydrogens is 284 g/mol. The second-order valence-electron chi connectivity index (χ2n) is 5.24. The molecule has 21 heavy (non-hydrogen) atoms. The van der Waals surface area contributed by atoms with Crippen LogP contribution in [0, 0.1) is 13.8 Å². The minimum absolute atomic E-state index is 0.512. The highest BCUT2D eigenvalue weighted by molar-refractivity contribution is 6.30. The average molecular weight is 301 g/mol. The van der Waals surface area contributed by atoms with Crippen LogP contribution in [-0.4, -0.2) is 16.7 Å². The molecule has 3 rings (SSSR count). The molecule has 0 spiro atoms. The standard InChI is InChI=1S/C17H17ClN2O/c1-10-5-6-13(11(2)17(10)21-4)14-7-12-8-16(18)19-9-15(12)20(14)3/h5-9H,1-4H3. The number of rotatable bonds is 2. The molecule has 0 amide bonds. The Morgan fingerprint density at radius 3 is 2.67 bits per heavy atom. The van der Waals surface area contributed by atoms with Gasteiger partial charge in [0.25, 0.3) is 0 Å². The van der Waals surface area contributed by atoms with Crippen LogP contribution >= 0.6 is 11.6 Å². The minimum atomic E-state index is 0.512. The maximum absolute atomic E-state index is 5.99. The molecule has 0 bridgehead atoms. The van der Waals surface area contributed by atoms with Crippen LogP contribution in [0.5, 0.6) is 5.75 Å². The fraction of sp³-hybridized carbons (Fsp3) is 0.235. The zero-order valence-corrected chi connectivity index (χ0v) is 13.3. The molecule has 0 atom stereocenters. The second-order valence-corrected chi connectivity index (χ2v) is 5.63. The van der Waals surface area contributed by atoms with Gasteiger partial charge in [0.2, 0.25) is 0 Å². The van der Waals surface area contributed by atoms with Gasteiger partial charge in [-0.1, -0.05) is 23.7 Å². The Morgan fingerprint density at radius 1 is 1.19 bits per heavy atom. The molecule has 3 aromatic rings. The molecular formula is C17H17ClN2O. The van der Waals surface area contributed by atoms with Crippen LogP contribution < -0.4 is 4.74 Å². The molecule has 0 saturated heterocycles. The first kappa shape index (κ1) is 14.0. The van der Waals surface area contributed by atoms with E-state index in [4.69, 9.17) is 16.3 Å². The van der Waals surface area contributed by atoms with Gasteiger partial charge in [-0.15, -0.1) is 0 Å². The van der Waals surface area contributed by atoms with Gasteiger partial charge in [0.15, 0.2) is 0 Å². The van der Waals surface area contributed by atoms with Crippen LogP contribution in [0.25, 0.3) is 22.2 Å². The zero-order valence-electron chi connectivity index (χ0n) is 12.6. The Balaban J connectivity index is 2.28. The molecule has 0 N–H and O–H groups in total. The largest absolute Gasteiger partial charge is 0.496 e. The van der Waals surface area contributed by atoms with Crippen molar-refractivity contribution in [3.05, 3.63) is 46.7 Å². The summed E-state index contributed by atoms with van der Waals surface area (Å²) < 4.78 is 7.66. The highest BCUT2D eigenvalue weighted by atomic mass is 35.5. The van der Waals surface area contributed by atoms with Crippen molar-refractivity contribution in [3.8, 4) is 17.0 Å². The lowest BCUT2D eigenvalue weighted by Crippen LogP contribution is -1.97. The molecule has 0 fully saturated rings. The van der Waals surface area contributed by atoms with Gasteiger partial charge < -0.3 is 9.30 Å². The molecule has 4 heteroatoms. The normalized spacial score (nSPS) is 11.1. The lowest BCUT2D eigenvalue weighted by molar-refractivity contribution is 0.409. The Labute approximate surface area is 129 Å². The molecule has 0 aliphatic rings. The maximum atomic E-state index is 5.99. The van der Waals surface area contributed by atoms with Crippen LogP contribution in [0.4, 0.5) is 0 Å². The van der Waals surface area contributed by atoms with Gasteiger partial charge in [0.05, 0.1) is 18.8 Å². The highest BCUT2D eigenvalue weighted by Crippen LogP contribution is 2.35. The van der Waals surface area contributed by atoms with E-state index >= 15 is 0 Å². The first-order chi connectivity index (χ1) is 10.0. The number of ether oxygens (including phenoxy) is 1. The van der Waals surface area contributed by atoms with Gasteiger partial charge in [-0.3, -0.25) is 0 Å². The molecule has 0 aliphatic carbocycles. The predicted molar refractivity (Wildman–Crippen MR) is 87.2 cm³/mol. The van der Waals surface area contributed by atoms with E-state index < -0.39 is 0 Å². The number of aromatic nitrogens is 2. The molecule has 3 nitrogen and oxygen atoms in total. The fourth-order valence-corrected chi connectivity index (χ4v) is 3.05. The number of hydrogen-bond donors (Lipinski definition) is 0. The number of fused-ring (bicyclic) bond motifs is 1. The Hall–Kier alpha value is -2.00. The van der Waals surface area contributed by atoms with E-state index in [1.807, 2.05) is 19.3 Å². The SMILES string of the molecule is COc1c(C)ccc(-c2cc3cc(Cl)ncc3n2C)c1C. The van der Waals surface area contributed by atoms with Crippen LogP contribution in [-0.2, 0) is 7.05 Å². The van der Waals surface area contributed by atoms with Crippen LogP contribution in [0.15, 0.2) is 30.5 Å². The molecule has 108 valence electrons. The lowest BCUT2D eigenvalue weighted by atomic mass is 10.0. The van der Waals surface area contributed by atoms with Gasteiger partial charge in [-0.05, 0) is 31.5 Å². The van der Waals surface area contributed by atoms with E-state index in [9.17, 15) is 0 Å². The van der Waals surface area contributed by atoms with E-state index in [0.29, 0.717) is 5.15 Å². The summed E-state index contributed by atoms with van der Waals surface area (Å²) in [6.45, 7) is 4.14. The molecule has 1 aromatic carbocycles. The molecule has 0 unspecified atom stereocenters. The number of nitrogens with zero attached hydrogens (tertiary/aromatic N) is 2. The Bertz CT molecular complexity index is 836. The topological polar surface area (TPSA) is 27.1 Å². The fourth-order valence-electron chi connectivity index (χ4n) is 2.88. The maximum Gasteiger partial charge on any atom is 0.129 e. The third-order valence-electron chi connectivity index (χ3n) is 3.98. The van der Waals surface area contributed by atoms with Crippen molar-refractivity contribution in [3.63, 3.8) is 0 Å². The molecule has 2 aromatic heterocycles. The summed E-state index contributed by atoms with van der Waals surface area (Å²) in [4.78, 5) is 4.17. The number of pyridine rings is 1.